The highest BCUT2D eigenvalue weighted by Crippen LogP contribution is 2.32. The van der Waals surface area contributed by atoms with E-state index in [0.717, 1.165) is 59.3 Å². The topological polar surface area (TPSA) is 73.5 Å². The maximum atomic E-state index is 4.88. The van der Waals surface area contributed by atoms with Gasteiger partial charge in [0.15, 0.2) is 5.65 Å². The van der Waals surface area contributed by atoms with Crippen LogP contribution in [0.2, 0.25) is 0 Å². The molecule has 0 aliphatic carbocycles. The number of hydrogen-bond donors (Lipinski definition) is 1. The zero-order valence-corrected chi connectivity index (χ0v) is 15.0. The molecule has 0 saturated carbocycles. The Hall–Kier alpha value is -1.93. The molecule has 7 nitrogen and oxygen atoms in total. The van der Waals surface area contributed by atoms with Crippen molar-refractivity contribution in [2.75, 3.05) is 13.1 Å². The summed E-state index contributed by atoms with van der Waals surface area (Å²) in [5.41, 5.74) is 3.93. The first kappa shape index (κ1) is 15.6. The van der Waals surface area contributed by atoms with E-state index in [1.807, 2.05) is 22.5 Å². The number of rotatable bonds is 4. The van der Waals surface area contributed by atoms with Crippen molar-refractivity contribution in [1.82, 2.24) is 34.6 Å². The van der Waals surface area contributed by atoms with Crippen molar-refractivity contribution in [2.24, 2.45) is 7.05 Å². The van der Waals surface area contributed by atoms with Gasteiger partial charge in [0, 0.05) is 31.1 Å². The lowest BCUT2D eigenvalue weighted by Crippen LogP contribution is -2.10. The second-order valence-electron chi connectivity index (χ2n) is 6.04. The second kappa shape index (κ2) is 6.18. The number of hydrogen-bond acceptors (Lipinski definition) is 6. The van der Waals surface area contributed by atoms with Crippen LogP contribution in [-0.2, 0) is 13.6 Å². The summed E-state index contributed by atoms with van der Waals surface area (Å²) in [5.74, 6) is 0.897. The third-order valence-corrected chi connectivity index (χ3v) is 5.82. The summed E-state index contributed by atoms with van der Waals surface area (Å²) in [4.78, 5) is 13.8. The van der Waals surface area contributed by atoms with Gasteiger partial charge in [-0.3, -0.25) is 4.68 Å². The van der Waals surface area contributed by atoms with E-state index < -0.39 is 0 Å². The molecule has 3 aromatic rings. The average molecular weight is 343 g/mol. The molecule has 4 heterocycles. The number of aromatic nitrogens is 6. The fraction of sp³-hybridized carbons (Fsp3) is 0.500. The molecule has 0 spiro atoms. The van der Waals surface area contributed by atoms with Crippen LogP contribution >= 0.6 is 11.8 Å². The lowest BCUT2D eigenvalue weighted by atomic mass is 10.2. The molecule has 24 heavy (non-hydrogen) atoms. The van der Waals surface area contributed by atoms with E-state index in [-0.39, 0.29) is 0 Å². The molecule has 1 N–H and O–H groups in total. The minimum absolute atomic E-state index is 0.554. The van der Waals surface area contributed by atoms with Crippen molar-refractivity contribution < 1.29 is 0 Å². The third kappa shape index (κ3) is 2.50. The average Bonchev–Trinajstić information content (AvgIpc) is 3.29. The summed E-state index contributed by atoms with van der Waals surface area (Å²) in [7, 11) is 2.01. The predicted octanol–water partition coefficient (Wildman–Crippen LogP) is 2.01. The van der Waals surface area contributed by atoms with Gasteiger partial charge in [-0.15, -0.1) is 0 Å². The molecule has 4 rings (SSSR count). The smallest absolute Gasteiger partial charge is 0.164 e. The van der Waals surface area contributed by atoms with E-state index >= 15 is 0 Å². The van der Waals surface area contributed by atoms with E-state index in [1.54, 1.807) is 18.1 Å². The van der Waals surface area contributed by atoms with Gasteiger partial charge >= 0.3 is 0 Å². The Bertz CT molecular complexity index is 876. The van der Waals surface area contributed by atoms with Crippen LogP contribution in [0.1, 0.15) is 19.0 Å². The first-order valence-electron chi connectivity index (χ1n) is 8.26. The first-order valence-corrected chi connectivity index (χ1v) is 9.14. The van der Waals surface area contributed by atoms with Crippen LogP contribution in [0.15, 0.2) is 17.6 Å². The molecule has 1 unspecified atom stereocenters. The molecule has 0 amide bonds. The van der Waals surface area contributed by atoms with E-state index in [2.05, 4.69) is 34.2 Å². The SMILES string of the molecule is CCn1ncc(-c2nc3c(SC4CCNC4)ncnc3n2C)c1C. The van der Waals surface area contributed by atoms with Crippen molar-refractivity contribution in [3.63, 3.8) is 0 Å². The standard InChI is InChI=1S/C16H21N7S/c1-4-23-10(2)12(8-20-23)14-21-13-15(22(14)3)18-9-19-16(13)24-11-5-6-17-7-11/h8-9,11,17H,4-7H2,1-3H3. The number of nitrogens with one attached hydrogen (secondary N) is 1. The highest BCUT2D eigenvalue weighted by molar-refractivity contribution is 8.00. The molecule has 1 aliphatic heterocycles. The quantitative estimate of drug-likeness (QED) is 0.731. The Morgan fingerprint density at radius 2 is 2.25 bits per heavy atom. The lowest BCUT2D eigenvalue weighted by Gasteiger charge is -2.06. The van der Waals surface area contributed by atoms with Crippen molar-refractivity contribution >= 4 is 22.9 Å². The van der Waals surface area contributed by atoms with Gasteiger partial charge in [-0.25, -0.2) is 15.0 Å². The fourth-order valence-electron chi connectivity index (χ4n) is 3.18. The van der Waals surface area contributed by atoms with Crippen LogP contribution in [0.4, 0.5) is 0 Å². The Balaban J connectivity index is 1.80. The zero-order valence-electron chi connectivity index (χ0n) is 14.2. The fourth-order valence-corrected chi connectivity index (χ4v) is 4.29. The molecule has 1 aliphatic rings. The highest BCUT2D eigenvalue weighted by atomic mass is 32.2. The van der Waals surface area contributed by atoms with Crippen molar-refractivity contribution in [3.05, 3.63) is 18.2 Å². The maximum Gasteiger partial charge on any atom is 0.164 e. The molecule has 1 saturated heterocycles. The Labute approximate surface area is 144 Å². The zero-order chi connectivity index (χ0) is 16.7. The summed E-state index contributed by atoms with van der Waals surface area (Å²) in [5, 5.41) is 9.36. The van der Waals surface area contributed by atoms with Gasteiger partial charge in [0.05, 0.1) is 11.8 Å². The largest absolute Gasteiger partial charge is 0.316 e. The molecule has 0 aromatic carbocycles. The van der Waals surface area contributed by atoms with Gasteiger partial charge < -0.3 is 9.88 Å². The van der Waals surface area contributed by atoms with E-state index in [0.29, 0.717) is 5.25 Å². The number of thioether (sulfide) groups is 1. The minimum Gasteiger partial charge on any atom is -0.316 e. The summed E-state index contributed by atoms with van der Waals surface area (Å²) in [6.07, 6.45) is 4.69. The molecule has 1 fully saturated rings. The molecular formula is C16H21N7S. The van der Waals surface area contributed by atoms with Crippen LogP contribution in [0.3, 0.4) is 0 Å². The first-order chi connectivity index (χ1) is 11.7. The number of imidazole rings is 1. The molecule has 3 aromatic heterocycles. The summed E-state index contributed by atoms with van der Waals surface area (Å²) in [6.45, 7) is 7.13. The maximum absolute atomic E-state index is 4.88. The summed E-state index contributed by atoms with van der Waals surface area (Å²) >= 11 is 1.80. The molecule has 126 valence electrons. The number of fused-ring (bicyclic) bond motifs is 1. The molecular weight excluding hydrogens is 322 g/mol. The van der Waals surface area contributed by atoms with Gasteiger partial charge in [-0.1, -0.05) is 11.8 Å². The second-order valence-corrected chi connectivity index (χ2v) is 7.33. The Morgan fingerprint density at radius 3 is 2.96 bits per heavy atom. The van der Waals surface area contributed by atoms with Gasteiger partial charge in [0.25, 0.3) is 0 Å². The molecule has 0 radical (unpaired) electrons. The van der Waals surface area contributed by atoms with Crippen LogP contribution in [0.5, 0.6) is 0 Å². The minimum atomic E-state index is 0.554. The Morgan fingerprint density at radius 1 is 1.38 bits per heavy atom. The number of nitrogens with zero attached hydrogens (tertiary/aromatic N) is 6. The van der Waals surface area contributed by atoms with Crippen LogP contribution in [0, 0.1) is 6.92 Å². The van der Waals surface area contributed by atoms with Gasteiger partial charge in [0.1, 0.15) is 22.7 Å². The third-order valence-electron chi connectivity index (χ3n) is 4.56. The van der Waals surface area contributed by atoms with E-state index in [1.165, 1.54) is 0 Å². The monoisotopic (exact) mass is 343 g/mol. The van der Waals surface area contributed by atoms with Gasteiger partial charge in [-0.05, 0) is 26.8 Å². The van der Waals surface area contributed by atoms with Gasteiger partial charge in [0.2, 0.25) is 0 Å². The van der Waals surface area contributed by atoms with Crippen molar-refractivity contribution in [3.8, 4) is 11.4 Å². The summed E-state index contributed by atoms with van der Waals surface area (Å²) in [6, 6.07) is 0. The van der Waals surface area contributed by atoms with Crippen LogP contribution < -0.4 is 5.32 Å². The van der Waals surface area contributed by atoms with E-state index in [9.17, 15) is 0 Å². The predicted molar refractivity (Wildman–Crippen MR) is 95.1 cm³/mol. The van der Waals surface area contributed by atoms with Crippen molar-refractivity contribution in [2.45, 2.75) is 37.1 Å². The van der Waals surface area contributed by atoms with Crippen LogP contribution in [-0.4, -0.2) is 47.6 Å². The lowest BCUT2D eigenvalue weighted by molar-refractivity contribution is 0.640. The van der Waals surface area contributed by atoms with E-state index in [4.69, 9.17) is 4.98 Å². The number of aryl methyl sites for hydroxylation is 2. The summed E-state index contributed by atoms with van der Waals surface area (Å²) < 4.78 is 4.03. The van der Waals surface area contributed by atoms with Crippen molar-refractivity contribution in [1.29, 1.82) is 0 Å². The molecule has 8 heteroatoms. The van der Waals surface area contributed by atoms with Gasteiger partial charge in [-0.2, -0.15) is 5.10 Å². The van der Waals surface area contributed by atoms with Crippen LogP contribution in [0.25, 0.3) is 22.6 Å². The Kier molecular flexibility index (Phi) is 4.01. The normalized spacial score (nSPS) is 17.9. The molecule has 1 atom stereocenters. The highest BCUT2D eigenvalue weighted by Gasteiger charge is 2.22. The molecule has 0 bridgehead atoms.